The topological polar surface area (TPSA) is 63.3 Å². The predicted octanol–water partition coefficient (Wildman–Crippen LogP) is 0.140. The van der Waals surface area contributed by atoms with Crippen LogP contribution in [0.1, 0.15) is 0 Å². The van der Waals surface area contributed by atoms with Gasteiger partial charge in [0, 0.05) is 6.04 Å². The van der Waals surface area contributed by atoms with Gasteiger partial charge in [-0.1, -0.05) is 24.3 Å². The number of hydrogen-bond acceptors (Lipinski definition) is 2. The van der Waals surface area contributed by atoms with E-state index in [1.54, 1.807) is 24.3 Å². The quantitative estimate of drug-likeness (QED) is 0.543. The van der Waals surface area contributed by atoms with E-state index in [-0.39, 0.29) is 6.04 Å². The van der Waals surface area contributed by atoms with Crippen LogP contribution in [0.3, 0.4) is 0 Å². The van der Waals surface area contributed by atoms with Gasteiger partial charge in [-0.25, -0.2) is 0 Å². The number of carboxylic acids is 1. The molecule has 0 aliphatic heterocycles. The molecule has 0 heterocycles. The van der Waals surface area contributed by atoms with E-state index >= 15 is 0 Å². The van der Waals surface area contributed by atoms with Gasteiger partial charge in [-0.2, -0.15) is 0 Å². The van der Waals surface area contributed by atoms with Crippen LogP contribution in [-0.4, -0.2) is 17.1 Å². The smallest absolute Gasteiger partial charge is 0.312 e. The minimum atomic E-state index is -0.867. The predicted molar refractivity (Wildman–Crippen MR) is 37.4 cm³/mol. The number of hydrogen-bond donors (Lipinski definition) is 2. The SMILES string of the molecule is N[C@@H]1C=CC=C[C@H]1C(=O)O. The zero-order valence-electron chi connectivity index (χ0n) is 5.40. The Labute approximate surface area is 58.8 Å². The van der Waals surface area contributed by atoms with Crippen molar-refractivity contribution in [2.45, 2.75) is 6.04 Å². The lowest BCUT2D eigenvalue weighted by atomic mass is 9.96. The number of nitrogens with two attached hydrogens (primary N) is 1. The molecule has 0 fully saturated rings. The molecule has 0 radical (unpaired) electrons. The monoisotopic (exact) mass is 139 g/mol. The van der Waals surface area contributed by atoms with E-state index in [0.29, 0.717) is 0 Å². The highest BCUT2D eigenvalue weighted by atomic mass is 16.4. The summed E-state index contributed by atoms with van der Waals surface area (Å²) in [7, 11) is 0. The number of rotatable bonds is 1. The van der Waals surface area contributed by atoms with Crippen LogP contribution in [0.15, 0.2) is 24.3 Å². The molecule has 0 saturated carbocycles. The van der Waals surface area contributed by atoms with E-state index in [2.05, 4.69) is 0 Å². The molecular weight excluding hydrogens is 130 g/mol. The van der Waals surface area contributed by atoms with Gasteiger partial charge < -0.3 is 10.8 Å². The molecule has 0 spiro atoms. The Bertz CT molecular complexity index is 196. The third-order valence-corrected chi connectivity index (χ3v) is 1.46. The Morgan fingerprint density at radius 3 is 2.40 bits per heavy atom. The van der Waals surface area contributed by atoms with Crippen molar-refractivity contribution in [3.05, 3.63) is 24.3 Å². The zero-order valence-corrected chi connectivity index (χ0v) is 5.40. The van der Waals surface area contributed by atoms with Gasteiger partial charge in [-0.05, 0) is 0 Å². The maximum absolute atomic E-state index is 10.4. The maximum Gasteiger partial charge on any atom is 0.312 e. The fourth-order valence-electron chi connectivity index (χ4n) is 0.871. The van der Waals surface area contributed by atoms with Crippen molar-refractivity contribution in [2.24, 2.45) is 11.7 Å². The summed E-state index contributed by atoms with van der Waals surface area (Å²) in [6.45, 7) is 0. The van der Waals surface area contributed by atoms with Crippen LogP contribution >= 0.6 is 0 Å². The summed E-state index contributed by atoms with van der Waals surface area (Å²) >= 11 is 0. The molecule has 1 aliphatic rings. The summed E-state index contributed by atoms with van der Waals surface area (Å²) in [5, 5.41) is 8.54. The standard InChI is InChI=1S/C7H9NO2/c8-6-4-2-1-3-5(6)7(9)10/h1-6H,8H2,(H,9,10)/t5-,6-/m1/s1. The van der Waals surface area contributed by atoms with Crippen LogP contribution in [0.5, 0.6) is 0 Å². The van der Waals surface area contributed by atoms with E-state index in [9.17, 15) is 4.79 Å². The van der Waals surface area contributed by atoms with Gasteiger partial charge in [-0.3, -0.25) is 4.79 Å². The Morgan fingerprint density at radius 2 is 2.00 bits per heavy atom. The summed E-state index contributed by atoms with van der Waals surface area (Å²) in [6.07, 6.45) is 6.72. The molecule has 0 bridgehead atoms. The first-order valence-electron chi connectivity index (χ1n) is 3.05. The summed E-state index contributed by atoms with van der Waals surface area (Å²) in [5.74, 6) is -1.42. The summed E-state index contributed by atoms with van der Waals surface area (Å²) < 4.78 is 0. The van der Waals surface area contributed by atoms with Crippen molar-refractivity contribution in [3.8, 4) is 0 Å². The molecule has 3 N–H and O–H groups in total. The largest absolute Gasteiger partial charge is 0.481 e. The van der Waals surface area contributed by atoms with Gasteiger partial charge in [-0.15, -0.1) is 0 Å². The molecule has 1 aliphatic carbocycles. The van der Waals surface area contributed by atoms with E-state index in [0.717, 1.165) is 0 Å². The summed E-state index contributed by atoms with van der Waals surface area (Å²) in [6, 6.07) is -0.373. The molecule has 0 saturated heterocycles. The van der Waals surface area contributed by atoms with Gasteiger partial charge in [0.05, 0.1) is 5.92 Å². The number of carboxylic acid groups (broad SMARTS) is 1. The van der Waals surface area contributed by atoms with E-state index in [1.807, 2.05) is 0 Å². The third kappa shape index (κ3) is 1.25. The fourth-order valence-corrected chi connectivity index (χ4v) is 0.871. The molecule has 1 rings (SSSR count). The average Bonchev–Trinajstić information content (AvgIpc) is 1.88. The Morgan fingerprint density at radius 1 is 1.40 bits per heavy atom. The van der Waals surface area contributed by atoms with Gasteiger partial charge in [0.1, 0.15) is 0 Å². The molecular formula is C7H9NO2. The number of carbonyl (C=O) groups is 1. The maximum atomic E-state index is 10.4. The molecule has 0 unspecified atom stereocenters. The van der Waals surface area contributed by atoms with Gasteiger partial charge >= 0.3 is 5.97 Å². The van der Waals surface area contributed by atoms with Crippen molar-refractivity contribution >= 4 is 5.97 Å². The first kappa shape index (κ1) is 7.02. The molecule has 0 amide bonds. The number of aliphatic carboxylic acids is 1. The van der Waals surface area contributed by atoms with Gasteiger partial charge in [0.2, 0.25) is 0 Å². The van der Waals surface area contributed by atoms with E-state index in [1.165, 1.54) is 0 Å². The lowest BCUT2D eigenvalue weighted by Crippen LogP contribution is -2.33. The van der Waals surface area contributed by atoms with Crippen molar-refractivity contribution in [1.82, 2.24) is 0 Å². The van der Waals surface area contributed by atoms with Crippen LogP contribution in [0.4, 0.5) is 0 Å². The van der Waals surface area contributed by atoms with Crippen LogP contribution in [0.25, 0.3) is 0 Å². The molecule has 54 valence electrons. The second kappa shape index (κ2) is 2.66. The summed E-state index contributed by atoms with van der Waals surface area (Å²) in [5.41, 5.74) is 5.46. The van der Waals surface area contributed by atoms with Crippen LogP contribution in [0, 0.1) is 5.92 Å². The van der Waals surface area contributed by atoms with Crippen LogP contribution in [-0.2, 0) is 4.79 Å². The third-order valence-electron chi connectivity index (χ3n) is 1.46. The first-order valence-corrected chi connectivity index (χ1v) is 3.05. The average molecular weight is 139 g/mol. The lowest BCUT2D eigenvalue weighted by molar-refractivity contribution is -0.140. The molecule has 10 heavy (non-hydrogen) atoms. The molecule has 2 atom stereocenters. The Kier molecular flexibility index (Phi) is 1.87. The minimum Gasteiger partial charge on any atom is -0.481 e. The highest BCUT2D eigenvalue weighted by Crippen LogP contribution is 2.09. The van der Waals surface area contributed by atoms with Crippen molar-refractivity contribution in [1.29, 1.82) is 0 Å². The molecule has 0 aromatic heterocycles. The van der Waals surface area contributed by atoms with E-state index in [4.69, 9.17) is 10.8 Å². The van der Waals surface area contributed by atoms with Crippen molar-refractivity contribution in [2.75, 3.05) is 0 Å². The first-order chi connectivity index (χ1) is 4.72. The Hall–Kier alpha value is -1.09. The van der Waals surface area contributed by atoms with Crippen molar-refractivity contribution < 1.29 is 9.90 Å². The van der Waals surface area contributed by atoms with Gasteiger partial charge in [0.25, 0.3) is 0 Å². The second-order valence-corrected chi connectivity index (χ2v) is 2.21. The van der Waals surface area contributed by atoms with Crippen molar-refractivity contribution in [3.63, 3.8) is 0 Å². The lowest BCUT2D eigenvalue weighted by Gasteiger charge is -2.14. The summed E-state index contributed by atoms with van der Waals surface area (Å²) in [4.78, 5) is 10.4. The molecule has 0 aromatic carbocycles. The molecule has 0 aromatic rings. The highest BCUT2D eigenvalue weighted by Gasteiger charge is 2.21. The van der Waals surface area contributed by atoms with Crippen LogP contribution < -0.4 is 5.73 Å². The Balaban J connectivity index is 2.70. The van der Waals surface area contributed by atoms with Crippen LogP contribution in [0.2, 0.25) is 0 Å². The zero-order chi connectivity index (χ0) is 7.56. The van der Waals surface area contributed by atoms with Gasteiger partial charge in [0.15, 0.2) is 0 Å². The van der Waals surface area contributed by atoms with E-state index < -0.39 is 11.9 Å². The minimum absolute atomic E-state index is 0.373. The molecule has 3 heteroatoms. The highest BCUT2D eigenvalue weighted by molar-refractivity contribution is 5.74. The normalized spacial score (nSPS) is 30.5. The number of allylic oxidation sites excluding steroid dienone is 2. The molecule has 3 nitrogen and oxygen atoms in total. The fraction of sp³-hybridized carbons (Fsp3) is 0.286. The second-order valence-electron chi connectivity index (χ2n) is 2.21.